The predicted molar refractivity (Wildman–Crippen MR) is 267 cm³/mol. The second-order valence-corrected chi connectivity index (χ2v) is 34.4. The van der Waals surface area contributed by atoms with E-state index in [4.69, 9.17) is 27.4 Å². The molecule has 13 heteroatoms. The summed E-state index contributed by atoms with van der Waals surface area (Å²) in [5, 5.41) is 4.54. The average molecular weight is 941 g/mol. The molecule has 3 saturated carbocycles. The van der Waals surface area contributed by atoms with E-state index in [1.165, 1.54) is 0 Å². The standard InChI is InChI=1S/C51H84N2O8SSi2/c1-21-52-48(55)60-46(45-43(58-16)29-42(57-15)44(41(54)26-32(2)3)47(45)61-64(19,20)50(10,11)12)37-27-35-28-39(51(35,13)14)38(37)31-62(56,36-24-22-34(6)23-25-36)53-40(33(4)5)30-59-63(17,18)49(7,8)9/h22-25,29,31-33,35,37,39-40,46H,21,26-28,30H2,1-20H3,(H,52,55)/b38-31+/t35-,37-,39-,40-,46-,62+/m0/s1. The number of fused-ring (bicyclic) bond motifs is 2. The number of methoxy groups -OCH3 is 2. The van der Waals surface area contributed by atoms with Crippen LogP contribution in [0.3, 0.4) is 0 Å². The third-order valence-electron chi connectivity index (χ3n) is 14.9. The molecule has 0 heterocycles. The lowest BCUT2D eigenvalue weighted by Crippen LogP contribution is -2.53. The van der Waals surface area contributed by atoms with Gasteiger partial charge in [0, 0.05) is 30.4 Å². The zero-order valence-corrected chi connectivity index (χ0v) is 46.0. The van der Waals surface area contributed by atoms with Gasteiger partial charge in [0.05, 0.1) is 47.1 Å². The van der Waals surface area contributed by atoms with E-state index >= 15 is 4.21 Å². The minimum Gasteiger partial charge on any atom is -0.543 e. The molecule has 0 spiro atoms. The molecular formula is C51H84N2O8SSi2. The molecule has 64 heavy (non-hydrogen) atoms. The number of ether oxygens (including phenoxy) is 3. The fourth-order valence-electron chi connectivity index (χ4n) is 8.41. The molecule has 6 atom stereocenters. The van der Waals surface area contributed by atoms with Gasteiger partial charge in [-0.1, -0.05) is 101 Å². The topological polar surface area (TPSA) is 122 Å². The third kappa shape index (κ3) is 11.5. The molecule has 3 aliphatic rings. The molecule has 0 saturated heterocycles. The number of carbonyl (C=O) groups is 2. The van der Waals surface area contributed by atoms with Gasteiger partial charge in [0.1, 0.15) is 28.9 Å². The van der Waals surface area contributed by atoms with Gasteiger partial charge in [-0.05, 0) is 110 Å². The van der Waals surface area contributed by atoms with Crippen LogP contribution in [0.15, 0.2) is 50.6 Å². The van der Waals surface area contributed by atoms with Gasteiger partial charge in [0.25, 0.3) is 8.32 Å². The van der Waals surface area contributed by atoms with Crippen molar-refractivity contribution >= 4 is 38.2 Å². The molecule has 2 bridgehead atoms. The maximum atomic E-state index is 16.3. The van der Waals surface area contributed by atoms with Crippen LogP contribution in [-0.2, 0) is 18.9 Å². The number of benzene rings is 2. The summed E-state index contributed by atoms with van der Waals surface area (Å²) < 4.78 is 54.7. The Morgan fingerprint density at radius 1 is 0.922 bits per heavy atom. The van der Waals surface area contributed by atoms with E-state index in [-0.39, 0.29) is 57.4 Å². The smallest absolute Gasteiger partial charge is 0.407 e. The maximum Gasteiger partial charge on any atom is 0.407 e. The van der Waals surface area contributed by atoms with Crippen LogP contribution in [0.2, 0.25) is 36.3 Å². The van der Waals surface area contributed by atoms with Crippen molar-refractivity contribution in [3.05, 3.63) is 58.0 Å². The zero-order chi connectivity index (χ0) is 48.5. The fraction of sp³-hybridized carbons (Fsp3) is 0.686. The highest BCUT2D eigenvalue weighted by atomic mass is 32.2. The number of Topliss-reactive ketones (excluding diaryl/α,β-unsaturated/α-hetero) is 1. The number of hydrogen-bond acceptors (Lipinski definition) is 9. The molecule has 0 aliphatic heterocycles. The lowest BCUT2D eigenvalue weighted by molar-refractivity contribution is -0.0728. The van der Waals surface area contributed by atoms with Gasteiger partial charge in [0.2, 0.25) is 0 Å². The van der Waals surface area contributed by atoms with Crippen molar-refractivity contribution in [1.82, 2.24) is 5.32 Å². The molecule has 0 unspecified atom stereocenters. The molecule has 360 valence electrons. The number of rotatable bonds is 18. The summed E-state index contributed by atoms with van der Waals surface area (Å²) in [4.78, 5) is 29.2. The van der Waals surface area contributed by atoms with E-state index in [0.717, 1.165) is 17.6 Å². The third-order valence-corrected chi connectivity index (χ3v) is 25.9. The first-order chi connectivity index (χ1) is 29.3. The van der Waals surface area contributed by atoms with E-state index in [2.05, 4.69) is 101 Å². The second-order valence-electron chi connectivity index (χ2n) is 22.8. The summed E-state index contributed by atoms with van der Waals surface area (Å²) in [6.07, 6.45) is 0.175. The summed E-state index contributed by atoms with van der Waals surface area (Å²) >= 11 is 0. The first kappa shape index (κ1) is 53.5. The van der Waals surface area contributed by atoms with Crippen LogP contribution in [0, 0.1) is 41.9 Å². The van der Waals surface area contributed by atoms with Crippen LogP contribution in [0.4, 0.5) is 4.79 Å². The van der Waals surface area contributed by atoms with Crippen LogP contribution in [0.1, 0.15) is 137 Å². The minimum absolute atomic E-state index is 0.00934. The molecule has 2 aromatic carbocycles. The van der Waals surface area contributed by atoms with Gasteiger partial charge >= 0.3 is 6.09 Å². The van der Waals surface area contributed by atoms with Gasteiger partial charge in [-0.3, -0.25) is 4.79 Å². The monoisotopic (exact) mass is 941 g/mol. The summed E-state index contributed by atoms with van der Waals surface area (Å²) in [5.74, 6) is 0.812. The Kier molecular flexibility index (Phi) is 16.7. The van der Waals surface area contributed by atoms with Crippen molar-refractivity contribution in [2.75, 3.05) is 27.4 Å². The maximum absolute atomic E-state index is 16.3. The van der Waals surface area contributed by atoms with Crippen LogP contribution in [0.25, 0.3) is 0 Å². The van der Waals surface area contributed by atoms with Crippen molar-refractivity contribution in [2.45, 2.75) is 170 Å². The van der Waals surface area contributed by atoms with Crippen molar-refractivity contribution in [1.29, 1.82) is 0 Å². The molecule has 1 N–H and O–H groups in total. The van der Waals surface area contributed by atoms with Crippen molar-refractivity contribution in [2.24, 2.45) is 39.4 Å². The molecule has 3 aliphatic carbocycles. The number of alkyl carbamates (subject to hydrolysis) is 1. The summed E-state index contributed by atoms with van der Waals surface area (Å²) in [6, 6.07) is 9.21. The quantitative estimate of drug-likeness (QED) is 0.116. The molecule has 5 rings (SSSR count). The summed E-state index contributed by atoms with van der Waals surface area (Å²) in [6.45, 7) is 39.3. The highest BCUT2D eigenvalue weighted by Crippen LogP contribution is 2.66. The largest absolute Gasteiger partial charge is 0.543 e. The van der Waals surface area contributed by atoms with E-state index in [9.17, 15) is 9.59 Å². The van der Waals surface area contributed by atoms with Gasteiger partial charge in [-0.15, -0.1) is 0 Å². The van der Waals surface area contributed by atoms with Crippen LogP contribution in [0.5, 0.6) is 17.2 Å². The Morgan fingerprint density at radius 3 is 1.98 bits per heavy atom. The molecule has 0 aromatic heterocycles. The second kappa shape index (κ2) is 20.0. The SMILES string of the molecule is CCNC(=O)O[C@H](c1c(OC)cc(OC)c(C(=O)CC(C)C)c1O[Si](C)(C)C(C)(C)C)[C@H]1C[C@H]2C[C@@H](/C1=C/[S@](=O)(=N[C@@H](CO[Si](C)(C)C(C)(C)C)C(C)C)c1ccc(C)cc1)C2(C)C. The number of amides is 1. The van der Waals surface area contributed by atoms with Crippen LogP contribution in [-0.4, -0.2) is 66.1 Å². The Morgan fingerprint density at radius 2 is 1.50 bits per heavy atom. The Hall–Kier alpha value is -3.14. The molecule has 1 amide bonds. The zero-order valence-electron chi connectivity index (χ0n) is 43.2. The minimum atomic E-state index is -3.28. The molecule has 10 nitrogen and oxygen atoms in total. The van der Waals surface area contributed by atoms with E-state index in [1.54, 1.807) is 20.3 Å². The lowest BCUT2D eigenvalue weighted by atomic mass is 9.44. The van der Waals surface area contributed by atoms with Crippen molar-refractivity contribution in [3.8, 4) is 17.2 Å². The predicted octanol–water partition coefficient (Wildman–Crippen LogP) is 13.6. The van der Waals surface area contributed by atoms with Gasteiger partial charge < -0.3 is 28.4 Å². The van der Waals surface area contributed by atoms with Crippen molar-refractivity contribution in [3.63, 3.8) is 0 Å². The van der Waals surface area contributed by atoms with Gasteiger partial charge in [-0.2, -0.15) is 0 Å². The molecule has 3 fully saturated rings. The van der Waals surface area contributed by atoms with E-state index in [0.29, 0.717) is 52.8 Å². The first-order valence-electron chi connectivity index (χ1n) is 23.5. The summed E-state index contributed by atoms with van der Waals surface area (Å²) in [5.41, 5.74) is 2.64. The van der Waals surface area contributed by atoms with Gasteiger partial charge in [0.15, 0.2) is 14.1 Å². The number of nitrogens with one attached hydrogen (secondary N) is 1. The van der Waals surface area contributed by atoms with Crippen LogP contribution < -0.4 is 19.2 Å². The Balaban J connectivity index is 2.18. The normalized spacial score (nSPS) is 21.4. The molecular weight excluding hydrogens is 857 g/mol. The molecule has 0 radical (unpaired) electrons. The number of hydrogen-bond donors (Lipinski definition) is 1. The van der Waals surface area contributed by atoms with E-state index < -0.39 is 44.5 Å². The van der Waals surface area contributed by atoms with Crippen LogP contribution >= 0.6 is 0 Å². The lowest BCUT2D eigenvalue weighted by Gasteiger charge is -2.61. The number of carbonyl (C=O) groups excluding carboxylic acids is 2. The highest BCUT2D eigenvalue weighted by Gasteiger charge is 2.58. The Bertz CT molecular complexity index is 2140. The van der Waals surface area contributed by atoms with Gasteiger partial charge in [-0.25, -0.2) is 13.4 Å². The first-order valence-corrected chi connectivity index (χ1v) is 30.9. The number of aryl methyl sites for hydroxylation is 1. The van der Waals surface area contributed by atoms with Crippen molar-refractivity contribution < 1.29 is 36.9 Å². The number of nitrogens with zero attached hydrogens (tertiary/aromatic N) is 1. The fourth-order valence-corrected chi connectivity index (χ4v) is 12.7. The summed E-state index contributed by atoms with van der Waals surface area (Å²) in [7, 11) is -5.05. The molecule has 2 aromatic rings. The Labute approximate surface area is 390 Å². The van der Waals surface area contributed by atoms with E-state index in [1.807, 2.05) is 57.4 Å². The highest BCUT2D eigenvalue weighted by molar-refractivity contribution is 7.96. The number of ketones is 1. The average Bonchev–Trinajstić information content (AvgIpc) is 3.17.